The maximum Gasteiger partial charge on any atom is 0.407 e. The summed E-state index contributed by atoms with van der Waals surface area (Å²) < 4.78 is 23.7. The Hall–Kier alpha value is -4.00. The molecular formula is C27H39N7O5S. The first-order valence-electron chi connectivity index (χ1n) is 12.9. The predicted octanol–water partition coefficient (Wildman–Crippen LogP) is 4.81. The van der Waals surface area contributed by atoms with Gasteiger partial charge in [-0.05, 0) is 58.5 Å². The number of ether oxygens (including phenoxy) is 4. The van der Waals surface area contributed by atoms with Crippen molar-refractivity contribution >= 4 is 52.0 Å². The number of thiocarbonyl (C=S) groups is 1. The number of imidazole rings is 1. The molecule has 0 spiro atoms. The SMILES string of the molecule is CCC(C)NC(=S)Nc1ccc2nc(Nc3cc(OC)c(OC)c(OC)c3)n(CCOC(=O)NC(C)(C)C)c2n1. The molecule has 2 heterocycles. The van der Waals surface area contributed by atoms with Crippen LogP contribution in [0.5, 0.6) is 17.2 Å². The quantitative estimate of drug-likeness (QED) is 0.236. The molecule has 1 amide bonds. The number of carbonyl (C=O) groups is 1. The van der Waals surface area contributed by atoms with E-state index in [1.165, 1.54) is 0 Å². The van der Waals surface area contributed by atoms with Crippen LogP contribution in [0.25, 0.3) is 11.2 Å². The van der Waals surface area contributed by atoms with E-state index in [0.29, 0.717) is 51.0 Å². The summed E-state index contributed by atoms with van der Waals surface area (Å²) in [5.41, 5.74) is 1.45. The van der Waals surface area contributed by atoms with Crippen molar-refractivity contribution in [1.29, 1.82) is 0 Å². The average Bonchev–Trinajstić information content (AvgIpc) is 3.22. The Labute approximate surface area is 240 Å². The van der Waals surface area contributed by atoms with Crippen molar-refractivity contribution in [3.05, 3.63) is 24.3 Å². The van der Waals surface area contributed by atoms with Crippen molar-refractivity contribution < 1.29 is 23.7 Å². The van der Waals surface area contributed by atoms with Crippen molar-refractivity contribution in [3.63, 3.8) is 0 Å². The van der Waals surface area contributed by atoms with Crippen molar-refractivity contribution in [2.24, 2.45) is 0 Å². The van der Waals surface area contributed by atoms with E-state index in [-0.39, 0.29) is 19.2 Å². The molecule has 1 unspecified atom stereocenters. The maximum atomic E-state index is 12.3. The second-order valence-electron chi connectivity index (χ2n) is 10.1. The molecule has 0 aliphatic carbocycles. The molecule has 40 heavy (non-hydrogen) atoms. The van der Waals surface area contributed by atoms with Crippen LogP contribution >= 0.6 is 12.2 Å². The highest BCUT2D eigenvalue weighted by atomic mass is 32.1. The van der Waals surface area contributed by atoms with Gasteiger partial charge in [0.2, 0.25) is 11.7 Å². The van der Waals surface area contributed by atoms with E-state index in [4.69, 9.17) is 41.1 Å². The highest BCUT2D eigenvalue weighted by molar-refractivity contribution is 7.80. The van der Waals surface area contributed by atoms with E-state index in [1.807, 2.05) is 31.4 Å². The van der Waals surface area contributed by atoms with Crippen LogP contribution in [0.1, 0.15) is 41.0 Å². The summed E-state index contributed by atoms with van der Waals surface area (Å²) in [6, 6.07) is 7.43. The number of carbonyl (C=O) groups excluding carboxylic acids is 1. The molecule has 0 saturated heterocycles. The second kappa shape index (κ2) is 13.4. The molecule has 1 aromatic carbocycles. The van der Waals surface area contributed by atoms with Crippen LogP contribution in [0, 0.1) is 0 Å². The summed E-state index contributed by atoms with van der Waals surface area (Å²) >= 11 is 5.44. The van der Waals surface area contributed by atoms with Crippen molar-refractivity contribution in [2.75, 3.05) is 38.6 Å². The summed E-state index contributed by atoms with van der Waals surface area (Å²) in [4.78, 5) is 21.8. The first-order valence-corrected chi connectivity index (χ1v) is 13.4. The number of methoxy groups -OCH3 is 3. The normalized spacial score (nSPS) is 11.9. The minimum Gasteiger partial charge on any atom is -0.493 e. The lowest BCUT2D eigenvalue weighted by atomic mass is 10.1. The fraction of sp³-hybridized carbons (Fsp3) is 0.481. The molecular weight excluding hydrogens is 534 g/mol. The van der Waals surface area contributed by atoms with E-state index in [2.05, 4.69) is 35.1 Å². The zero-order valence-corrected chi connectivity index (χ0v) is 25.1. The van der Waals surface area contributed by atoms with E-state index >= 15 is 0 Å². The van der Waals surface area contributed by atoms with Gasteiger partial charge in [-0.15, -0.1) is 0 Å². The molecule has 0 bridgehead atoms. The lowest BCUT2D eigenvalue weighted by Crippen LogP contribution is -2.41. The van der Waals surface area contributed by atoms with Crippen LogP contribution in [0.2, 0.25) is 0 Å². The number of nitrogens with zero attached hydrogens (tertiary/aromatic N) is 3. The standard InChI is InChI=1S/C27H39N7O5S/c1-9-16(2)28-25(40)32-21-11-10-18-23(31-21)34(12-13-39-26(35)33-27(3,4)5)24(30-18)29-17-14-19(36-6)22(38-8)20(15-17)37-7/h10-11,14-16H,9,12-13H2,1-8H3,(H,29,30)(H,33,35)(H2,28,31,32,40). The Balaban J connectivity index is 1.95. The molecule has 0 aliphatic rings. The van der Waals surface area contributed by atoms with Gasteiger partial charge in [-0.2, -0.15) is 0 Å². The molecule has 2 aromatic heterocycles. The number of rotatable bonds is 11. The lowest BCUT2D eigenvalue weighted by molar-refractivity contribution is 0.134. The van der Waals surface area contributed by atoms with E-state index in [9.17, 15) is 4.79 Å². The number of nitrogens with one attached hydrogen (secondary N) is 4. The molecule has 3 rings (SSSR count). The van der Waals surface area contributed by atoms with Crippen LogP contribution in [0.3, 0.4) is 0 Å². The van der Waals surface area contributed by atoms with Crippen molar-refractivity contribution in [2.45, 2.75) is 59.2 Å². The van der Waals surface area contributed by atoms with Gasteiger partial charge in [-0.3, -0.25) is 4.57 Å². The van der Waals surface area contributed by atoms with Crippen LogP contribution in [0.15, 0.2) is 24.3 Å². The van der Waals surface area contributed by atoms with Crippen LogP contribution < -0.4 is 35.5 Å². The number of benzene rings is 1. The highest BCUT2D eigenvalue weighted by Gasteiger charge is 2.19. The molecule has 1 atom stereocenters. The number of amides is 1. The van der Waals surface area contributed by atoms with Gasteiger partial charge in [-0.25, -0.2) is 14.8 Å². The smallest absolute Gasteiger partial charge is 0.407 e. The topological polar surface area (TPSA) is 133 Å². The number of fused-ring (bicyclic) bond motifs is 1. The summed E-state index contributed by atoms with van der Waals surface area (Å²) in [5.74, 6) is 2.48. The minimum atomic E-state index is -0.507. The summed E-state index contributed by atoms with van der Waals surface area (Å²) in [6.07, 6.45) is 0.424. The molecule has 218 valence electrons. The first kappa shape index (κ1) is 30.5. The Bertz CT molecular complexity index is 1310. The van der Waals surface area contributed by atoms with Crippen LogP contribution in [0.4, 0.5) is 22.2 Å². The molecule has 12 nitrogen and oxygen atoms in total. The summed E-state index contributed by atoms with van der Waals surface area (Å²) in [7, 11) is 4.65. The van der Waals surface area contributed by atoms with E-state index in [0.717, 1.165) is 6.42 Å². The number of alkyl carbamates (subject to hydrolysis) is 1. The minimum absolute atomic E-state index is 0.0879. The third-order valence-electron chi connectivity index (χ3n) is 5.77. The molecule has 0 aliphatic heterocycles. The number of anilines is 3. The Morgan fingerprint density at radius 2 is 1.75 bits per heavy atom. The number of aromatic nitrogens is 3. The largest absolute Gasteiger partial charge is 0.493 e. The van der Waals surface area contributed by atoms with Gasteiger partial charge in [-0.1, -0.05) is 6.92 Å². The number of hydrogen-bond donors (Lipinski definition) is 4. The number of hydrogen-bond acceptors (Lipinski definition) is 9. The Kier molecular flexibility index (Phi) is 10.2. The maximum absolute atomic E-state index is 12.3. The van der Waals surface area contributed by atoms with Gasteiger partial charge in [0.25, 0.3) is 0 Å². The summed E-state index contributed by atoms with van der Waals surface area (Å²) in [5, 5.41) is 12.9. The van der Waals surface area contributed by atoms with Gasteiger partial charge < -0.3 is 40.2 Å². The monoisotopic (exact) mass is 573 g/mol. The van der Waals surface area contributed by atoms with Crippen molar-refractivity contribution in [1.82, 2.24) is 25.2 Å². The van der Waals surface area contributed by atoms with Crippen LogP contribution in [-0.4, -0.2) is 65.3 Å². The third-order valence-corrected chi connectivity index (χ3v) is 5.99. The lowest BCUT2D eigenvalue weighted by Gasteiger charge is -2.20. The molecule has 4 N–H and O–H groups in total. The average molecular weight is 574 g/mol. The fourth-order valence-corrected chi connectivity index (χ4v) is 4.02. The molecule has 3 aromatic rings. The van der Waals surface area contributed by atoms with Gasteiger partial charge >= 0.3 is 6.09 Å². The van der Waals surface area contributed by atoms with Gasteiger partial charge in [0.05, 0.1) is 27.9 Å². The van der Waals surface area contributed by atoms with E-state index < -0.39 is 11.6 Å². The third kappa shape index (κ3) is 8.01. The molecule has 0 saturated carbocycles. The zero-order chi connectivity index (χ0) is 29.4. The first-order chi connectivity index (χ1) is 19.0. The molecule has 0 radical (unpaired) electrons. The highest BCUT2D eigenvalue weighted by Crippen LogP contribution is 2.40. The second-order valence-corrected chi connectivity index (χ2v) is 10.5. The fourth-order valence-electron chi connectivity index (χ4n) is 3.71. The number of pyridine rings is 1. The van der Waals surface area contributed by atoms with E-state index in [1.54, 1.807) is 39.5 Å². The zero-order valence-electron chi connectivity index (χ0n) is 24.3. The predicted molar refractivity (Wildman–Crippen MR) is 160 cm³/mol. The van der Waals surface area contributed by atoms with Crippen molar-refractivity contribution in [3.8, 4) is 17.2 Å². The molecule has 13 heteroatoms. The summed E-state index contributed by atoms with van der Waals surface area (Å²) in [6.45, 7) is 10.2. The van der Waals surface area contributed by atoms with Crippen LogP contribution in [-0.2, 0) is 11.3 Å². The van der Waals surface area contributed by atoms with Gasteiger partial charge in [0.1, 0.15) is 17.9 Å². The van der Waals surface area contributed by atoms with Gasteiger partial charge in [0.15, 0.2) is 22.3 Å². The van der Waals surface area contributed by atoms with Gasteiger partial charge in [0, 0.05) is 29.4 Å². The molecule has 0 fully saturated rings. The Morgan fingerprint density at radius 3 is 2.33 bits per heavy atom. The Morgan fingerprint density at radius 1 is 1.07 bits per heavy atom.